The lowest BCUT2D eigenvalue weighted by Crippen LogP contribution is -2.39. The van der Waals surface area contributed by atoms with Gasteiger partial charge in [-0.2, -0.15) is 0 Å². The highest BCUT2D eigenvalue weighted by molar-refractivity contribution is 7.95. The lowest BCUT2D eigenvalue weighted by atomic mass is 9.98. The van der Waals surface area contributed by atoms with E-state index in [2.05, 4.69) is 57.9 Å². The first-order chi connectivity index (χ1) is 15.5. The van der Waals surface area contributed by atoms with Crippen molar-refractivity contribution in [1.29, 1.82) is 0 Å². The second-order valence-corrected chi connectivity index (χ2v) is 11.6. The molecule has 1 aliphatic heterocycles. The van der Waals surface area contributed by atoms with Gasteiger partial charge in [-0.1, -0.05) is 32.1 Å². The molecule has 0 aliphatic carbocycles. The van der Waals surface area contributed by atoms with Crippen molar-refractivity contribution in [2.45, 2.75) is 59.6 Å². The lowest BCUT2D eigenvalue weighted by Gasteiger charge is -2.29. The Hall–Kier alpha value is -1.96. The molecule has 182 valence electrons. The molecule has 2 heterocycles. The van der Waals surface area contributed by atoms with Crippen molar-refractivity contribution >= 4 is 34.7 Å². The number of carbonyl (C=O) groups excluding carboxylic acids is 1. The van der Waals surface area contributed by atoms with Crippen LogP contribution in [-0.2, 0) is 17.7 Å². The number of hydrogen-bond acceptors (Lipinski definition) is 5. The maximum absolute atomic E-state index is 12.4. The predicted molar refractivity (Wildman–Crippen MR) is 140 cm³/mol. The zero-order chi connectivity index (χ0) is 24.2. The van der Waals surface area contributed by atoms with E-state index < -0.39 is 5.60 Å². The SMILES string of the molecule is CC(C)Cn1cc(CCNSN(C)C)c2ccc(C3=CCN(C(=O)OC(C)(C)C)CC3)cc21. The zero-order valence-electron chi connectivity index (χ0n) is 21.3. The molecule has 0 saturated carbocycles. The lowest BCUT2D eigenvalue weighted by molar-refractivity contribution is 0.0270. The second kappa shape index (κ2) is 11.0. The van der Waals surface area contributed by atoms with Crippen LogP contribution < -0.4 is 4.72 Å². The molecule has 1 amide bonds. The number of nitrogens with one attached hydrogen (secondary N) is 1. The Kier molecular flexibility index (Phi) is 8.54. The minimum Gasteiger partial charge on any atom is -0.444 e. The standard InChI is InChI=1S/C26H40N4O2S/c1-19(2)17-30-18-22(10-13-27-33-28(6)7)23-9-8-21(16-24(23)30)20-11-14-29(15-12-20)25(31)32-26(3,4)5/h8-9,11,16,18-19,27H,10,12-15,17H2,1-7H3. The number of amides is 1. The fraction of sp³-hybridized carbons (Fsp3) is 0.577. The summed E-state index contributed by atoms with van der Waals surface area (Å²) in [5.41, 5.74) is 4.78. The van der Waals surface area contributed by atoms with E-state index >= 15 is 0 Å². The van der Waals surface area contributed by atoms with Crippen LogP contribution >= 0.6 is 12.1 Å². The molecule has 1 aromatic heterocycles. The van der Waals surface area contributed by atoms with Gasteiger partial charge in [0.1, 0.15) is 5.60 Å². The Morgan fingerprint density at radius 3 is 2.64 bits per heavy atom. The predicted octanol–water partition coefficient (Wildman–Crippen LogP) is 5.58. The van der Waals surface area contributed by atoms with Gasteiger partial charge in [0.05, 0.1) is 0 Å². The number of nitrogens with zero attached hydrogens (tertiary/aromatic N) is 3. The summed E-state index contributed by atoms with van der Waals surface area (Å²) in [4.78, 5) is 14.2. The van der Waals surface area contributed by atoms with Gasteiger partial charge < -0.3 is 14.2 Å². The maximum atomic E-state index is 12.4. The summed E-state index contributed by atoms with van der Waals surface area (Å²) < 4.78 is 13.4. The average Bonchev–Trinajstić information content (AvgIpc) is 3.06. The van der Waals surface area contributed by atoms with Gasteiger partial charge in [0.25, 0.3) is 0 Å². The molecule has 0 saturated heterocycles. The minimum absolute atomic E-state index is 0.232. The first-order valence-corrected chi connectivity index (χ1v) is 12.7. The quantitative estimate of drug-likeness (QED) is 0.402. The Balaban J connectivity index is 1.78. The van der Waals surface area contributed by atoms with Crippen molar-refractivity contribution in [3.63, 3.8) is 0 Å². The van der Waals surface area contributed by atoms with E-state index in [0.717, 1.165) is 25.9 Å². The van der Waals surface area contributed by atoms with Gasteiger partial charge in [-0.15, -0.1) is 0 Å². The number of carbonyl (C=O) groups is 1. The van der Waals surface area contributed by atoms with Crippen LogP contribution in [0.25, 0.3) is 16.5 Å². The van der Waals surface area contributed by atoms with Crippen LogP contribution in [0, 0.1) is 5.92 Å². The fourth-order valence-corrected chi connectivity index (χ4v) is 4.55. The molecule has 6 nitrogen and oxygen atoms in total. The highest BCUT2D eigenvalue weighted by Crippen LogP contribution is 2.30. The molecule has 0 unspecified atom stereocenters. The zero-order valence-corrected chi connectivity index (χ0v) is 22.1. The molecule has 0 bridgehead atoms. The van der Waals surface area contributed by atoms with Crippen molar-refractivity contribution in [3.8, 4) is 0 Å². The van der Waals surface area contributed by atoms with Crippen molar-refractivity contribution in [2.24, 2.45) is 5.92 Å². The molecule has 3 rings (SSSR count). The Bertz CT molecular complexity index is 988. The van der Waals surface area contributed by atoms with Gasteiger partial charge in [-0.3, -0.25) is 4.72 Å². The molecule has 33 heavy (non-hydrogen) atoms. The van der Waals surface area contributed by atoms with Crippen molar-refractivity contribution in [1.82, 2.24) is 18.5 Å². The van der Waals surface area contributed by atoms with Crippen LogP contribution in [0.2, 0.25) is 0 Å². The van der Waals surface area contributed by atoms with E-state index in [0.29, 0.717) is 19.0 Å². The summed E-state index contributed by atoms with van der Waals surface area (Å²) in [6.45, 7) is 13.5. The van der Waals surface area contributed by atoms with E-state index in [1.54, 1.807) is 17.0 Å². The van der Waals surface area contributed by atoms with Gasteiger partial charge in [0.2, 0.25) is 0 Å². The first-order valence-electron chi connectivity index (χ1n) is 11.9. The van der Waals surface area contributed by atoms with Crippen LogP contribution in [-0.4, -0.2) is 59.2 Å². The van der Waals surface area contributed by atoms with Crippen LogP contribution in [0.5, 0.6) is 0 Å². The molecule has 0 atom stereocenters. The smallest absolute Gasteiger partial charge is 0.410 e. The summed E-state index contributed by atoms with van der Waals surface area (Å²) in [7, 11) is 4.08. The molecule has 0 spiro atoms. The van der Waals surface area contributed by atoms with Gasteiger partial charge in [0, 0.05) is 55.4 Å². The molecule has 0 fully saturated rings. The Morgan fingerprint density at radius 1 is 1.27 bits per heavy atom. The van der Waals surface area contributed by atoms with Crippen molar-refractivity contribution in [3.05, 3.63) is 41.6 Å². The van der Waals surface area contributed by atoms with E-state index in [-0.39, 0.29) is 6.09 Å². The maximum Gasteiger partial charge on any atom is 0.410 e. The molecular formula is C26H40N4O2S. The van der Waals surface area contributed by atoms with Gasteiger partial charge in [-0.05, 0) is 76.4 Å². The van der Waals surface area contributed by atoms with E-state index in [9.17, 15) is 4.79 Å². The number of ether oxygens (including phenoxy) is 1. The van der Waals surface area contributed by atoms with Gasteiger partial charge in [-0.25, -0.2) is 9.10 Å². The van der Waals surface area contributed by atoms with Crippen LogP contribution in [0.15, 0.2) is 30.5 Å². The summed E-state index contributed by atoms with van der Waals surface area (Å²) in [5, 5.41) is 1.34. The Morgan fingerprint density at radius 2 is 2.03 bits per heavy atom. The molecular weight excluding hydrogens is 432 g/mol. The summed E-state index contributed by atoms with van der Waals surface area (Å²) in [5.74, 6) is 0.579. The summed E-state index contributed by atoms with van der Waals surface area (Å²) >= 11 is 1.63. The number of rotatable bonds is 8. The number of hydrogen-bond donors (Lipinski definition) is 1. The van der Waals surface area contributed by atoms with E-state index in [1.165, 1.54) is 27.6 Å². The molecule has 1 aromatic carbocycles. The molecule has 0 radical (unpaired) electrons. The monoisotopic (exact) mass is 472 g/mol. The molecule has 1 N–H and O–H groups in total. The first kappa shape index (κ1) is 25.7. The number of fused-ring (bicyclic) bond motifs is 1. The van der Waals surface area contributed by atoms with Crippen LogP contribution in [0.4, 0.5) is 4.79 Å². The molecule has 2 aromatic rings. The van der Waals surface area contributed by atoms with Gasteiger partial charge in [0.15, 0.2) is 0 Å². The highest BCUT2D eigenvalue weighted by atomic mass is 32.2. The average molecular weight is 473 g/mol. The van der Waals surface area contributed by atoms with Crippen LogP contribution in [0.3, 0.4) is 0 Å². The second-order valence-electron chi connectivity index (χ2n) is 10.4. The highest BCUT2D eigenvalue weighted by Gasteiger charge is 2.24. The largest absolute Gasteiger partial charge is 0.444 e. The normalized spacial score (nSPS) is 14.9. The van der Waals surface area contributed by atoms with Crippen molar-refractivity contribution < 1.29 is 9.53 Å². The number of aromatic nitrogens is 1. The Labute approximate surface area is 203 Å². The minimum atomic E-state index is -0.466. The van der Waals surface area contributed by atoms with E-state index in [4.69, 9.17) is 4.74 Å². The van der Waals surface area contributed by atoms with E-state index in [1.807, 2.05) is 34.9 Å². The van der Waals surface area contributed by atoms with Crippen LogP contribution in [0.1, 0.15) is 52.2 Å². The van der Waals surface area contributed by atoms with Gasteiger partial charge >= 0.3 is 6.09 Å². The molecule has 1 aliphatic rings. The molecule has 7 heteroatoms. The fourth-order valence-electron chi connectivity index (χ4n) is 4.10. The summed E-state index contributed by atoms with van der Waals surface area (Å²) in [6.07, 6.45) is 6.11. The summed E-state index contributed by atoms with van der Waals surface area (Å²) in [6, 6.07) is 6.84. The third-order valence-corrected chi connectivity index (χ3v) is 6.20. The van der Waals surface area contributed by atoms with Crippen molar-refractivity contribution in [2.75, 3.05) is 33.7 Å². The number of benzene rings is 1. The third-order valence-electron chi connectivity index (χ3n) is 5.50. The third kappa shape index (κ3) is 7.26. The topological polar surface area (TPSA) is 49.7 Å².